The molecule has 0 aliphatic heterocycles. The van der Waals surface area contributed by atoms with Gasteiger partial charge >= 0.3 is 0 Å². The first-order valence-corrected chi connectivity index (χ1v) is 10.7. The summed E-state index contributed by atoms with van der Waals surface area (Å²) in [5, 5.41) is 0. The minimum Gasteiger partial charge on any atom is -0.497 e. The van der Waals surface area contributed by atoms with Crippen LogP contribution in [0.25, 0.3) is 0 Å². The highest BCUT2D eigenvalue weighted by atomic mass is 32.2. The maximum Gasteiger partial charge on any atom is 0.250 e. The molecule has 158 valence electrons. The first-order valence-electron chi connectivity index (χ1n) is 9.26. The van der Waals surface area contributed by atoms with E-state index >= 15 is 0 Å². The van der Waals surface area contributed by atoms with Crippen molar-refractivity contribution in [1.29, 1.82) is 0 Å². The van der Waals surface area contributed by atoms with E-state index in [1.54, 1.807) is 38.5 Å². The molecule has 3 rings (SSSR count). The fraction of sp³-hybridized carbons (Fsp3) is 0.227. The van der Waals surface area contributed by atoms with E-state index in [2.05, 4.69) is 0 Å². The Morgan fingerprint density at radius 1 is 0.800 bits per heavy atom. The molecule has 0 aliphatic carbocycles. The van der Waals surface area contributed by atoms with Crippen molar-refractivity contribution in [3.05, 3.63) is 88.3 Å². The highest BCUT2D eigenvalue weighted by Crippen LogP contribution is 2.22. The second kappa shape index (κ2) is 9.15. The van der Waals surface area contributed by atoms with Crippen molar-refractivity contribution in [3.8, 4) is 11.5 Å². The Morgan fingerprint density at radius 3 is 1.67 bits per heavy atom. The Kier molecular flexibility index (Phi) is 6.59. The first kappa shape index (κ1) is 21.6. The molecule has 0 N–H and O–H groups in total. The minimum absolute atomic E-state index is 0.0617. The monoisotopic (exact) mass is 428 g/mol. The van der Waals surface area contributed by atoms with Crippen molar-refractivity contribution >= 4 is 10.0 Å². The normalized spacial score (nSPS) is 11.5. The van der Waals surface area contributed by atoms with Crippen molar-refractivity contribution in [2.45, 2.75) is 18.0 Å². The summed E-state index contributed by atoms with van der Waals surface area (Å²) < 4.78 is 39.8. The number of rotatable bonds is 8. The predicted octanol–water partition coefficient (Wildman–Crippen LogP) is 2.79. The van der Waals surface area contributed by atoms with Crippen molar-refractivity contribution in [3.63, 3.8) is 0 Å². The van der Waals surface area contributed by atoms with Gasteiger partial charge in [-0.2, -0.15) is 4.31 Å². The largest absolute Gasteiger partial charge is 0.497 e. The number of benzene rings is 2. The SMILES string of the molecule is COc1ccc(CN(Cc2ccc(OC)cc2)S(=O)(=O)c2ccc(=O)n(C)c2)cc1. The van der Waals surface area contributed by atoms with E-state index in [0.717, 1.165) is 11.1 Å². The quantitative estimate of drug-likeness (QED) is 0.551. The van der Waals surface area contributed by atoms with Crippen LogP contribution < -0.4 is 15.0 Å². The second-order valence-corrected chi connectivity index (χ2v) is 8.72. The fourth-order valence-corrected chi connectivity index (χ4v) is 4.43. The molecule has 0 amide bonds. The van der Waals surface area contributed by atoms with Crippen LogP contribution >= 0.6 is 0 Å². The summed E-state index contributed by atoms with van der Waals surface area (Å²) in [7, 11) is 0.826. The average Bonchev–Trinajstić information content (AvgIpc) is 2.76. The number of hydrogen-bond donors (Lipinski definition) is 0. The molecule has 0 fully saturated rings. The summed E-state index contributed by atoms with van der Waals surface area (Å²) in [4.78, 5) is 11.8. The van der Waals surface area contributed by atoms with Gasteiger partial charge in [0.25, 0.3) is 0 Å². The molecular weight excluding hydrogens is 404 g/mol. The third kappa shape index (κ3) is 4.90. The van der Waals surface area contributed by atoms with Crippen molar-refractivity contribution in [2.24, 2.45) is 7.05 Å². The summed E-state index contributed by atoms with van der Waals surface area (Å²) >= 11 is 0. The summed E-state index contributed by atoms with van der Waals surface area (Å²) in [6, 6.07) is 17.1. The van der Waals surface area contributed by atoms with Gasteiger partial charge in [0.05, 0.1) is 19.1 Å². The second-order valence-electron chi connectivity index (χ2n) is 6.78. The van der Waals surface area contributed by atoms with Crippen LogP contribution in [0.2, 0.25) is 0 Å². The average molecular weight is 429 g/mol. The maximum atomic E-state index is 13.4. The fourth-order valence-electron chi connectivity index (χ4n) is 2.97. The molecule has 0 aliphatic rings. The number of nitrogens with zero attached hydrogens (tertiary/aromatic N) is 2. The lowest BCUT2D eigenvalue weighted by Crippen LogP contribution is -2.31. The Hall–Kier alpha value is -3.10. The van der Waals surface area contributed by atoms with Crippen molar-refractivity contribution < 1.29 is 17.9 Å². The number of aromatic nitrogens is 1. The number of pyridine rings is 1. The van der Waals surface area contributed by atoms with Crippen LogP contribution in [0.5, 0.6) is 11.5 Å². The zero-order valence-electron chi connectivity index (χ0n) is 17.1. The van der Waals surface area contributed by atoms with E-state index in [1.165, 1.54) is 34.2 Å². The van der Waals surface area contributed by atoms with Gasteiger partial charge in [-0.05, 0) is 41.5 Å². The first-order chi connectivity index (χ1) is 14.3. The highest BCUT2D eigenvalue weighted by molar-refractivity contribution is 7.89. The van der Waals surface area contributed by atoms with Gasteiger partial charge in [-0.3, -0.25) is 4.79 Å². The van der Waals surface area contributed by atoms with Gasteiger partial charge in [-0.1, -0.05) is 24.3 Å². The molecule has 0 unspecified atom stereocenters. The molecule has 2 aromatic carbocycles. The van der Waals surface area contributed by atoms with E-state index in [0.29, 0.717) is 11.5 Å². The van der Waals surface area contributed by atoms with Crippen LogP contribution in [0.4, 0.5) is 0 Å². The topological polar surface area (TPSA) is 77.8 Å². The molecule has 0 saturated carbocycles. The van der Waals surface area contributed by atoms with Gasteiger partial charge in [0.15, 0.2) is 0 Å². The summed E-state index contributed by atoms with van der Waals surface area (Å²) in [5.74, 6) is 1.39. The summed E-state index contributed by atoms with van der Waals surface area (Å²) in [5.41, 5.74) is 1.36. The number of aryl methyl sites for hydroxylation is 1. The smallest absolute Gasteiger partial charge is 0.250 e. The molecule has 1 aromatic heterocycles. The molecule has 30 heavy (non-hydrogen) atoms. The van der Waals surface area contributed by atoms with Crippen LogP contribution in [0.3, 0.4) is 0 Å². The van der Waals surface area contributed by atoms with E-state index in [4.69, 9.17) is 9.47 Å². The van der Waals surface area contributed by atoms with E-state index < -0.39 is 10.0 Å². The zero-order chi connectivity index (χ0) is 21.7. The molecule has 0 radical (unpaired) electrons. The Bertz CT molecular complexity index is 1100. The molecular formula is C22H24N2O5S. The van der Waals surface area contributed by atoms with Gasteiger partial charge in [-0.25, -0.2) is 8.42 Å². The van der Waals surface area contributed by atoms with E-state index in [1.807, 2.05) is 24.3 Å². The van der Waals surface area contributed by atoms with Gasteiger partial charge in [0.1, 0.15) is 11.5 Å². The molecule has 0 saturated heterocycles. The lowest BCUT2D eigenvalue weighted by molar-refractivity contribution is 0.397. The molecule has 1 heterocycles. The lowest BCUT2D eigenvalue weighted by Gasteiger charge is -2.23. The lowest BCUT2D eigenvalue weighted by atomic mass is 10.2. The maximum absolute atomic E-state index is 13.4. The summed E-state index contributed by atoms with van der Waals surface area (Å²) in [6.07, 6.45) is 1.34. The molecule has 0 atom stereocenters. The Balaban J connectivity index is 1.97. The van der Waals surface area contributed by atoms with Crippen LogP contribution in [-0.4, -0.2) is 31.5 Å². The molecule has 7 nitrogen and oxygen atoms in total. The Morgan fingerprint density at radius 2 is 1.27 bits per heavy atom. The third-order valence-electron chi connectivity index (χ3n) is 4.73. The van der Waals surface area contributed by atoms with Gasteiger partial charge in [-0.15, -0.1) is 0 Å². The standard InChI is InChI=1S/C22H24N2O5S/c1-23-16-21(12-13-22(23)25)30(26,27)24(14-17-4-8-19(28-2)9-5-17)15-18-6-10-20(29-3)11-7-18/h4-13,16H,14-15H2,1-3H3. The van der Waals surface area contributed by atoms with Crippen LogP contribution in [0.15, 0.2) is 76.6 Å². The van der Waals surface area contributed by atoms with Gasteiger partial charge in [0.2, 0.25) is 15.6 Å². The number of ether oxygens (including phenoxy) is 2. The van der Waals surface area contributed by atoms with E-state index in [-0.39, 0.29) is 23.5 Å². The van der Waals surface area contributed by atoms with Crippen molar-refractivity contribution in [1.82, 2.24) is 8.87 Å². The van der Waals surface area contributed by atoms with Crippen LogP contribution in [-0.2, 0) is 30.2 Å². The van der Waals surface area contributed by atoms with Crippen LogP contribution in [0, 0.1) is 0 Å². The van der Waals surface area contributed by atoms with Crippen LogP contribution in [0.1, 0.15) is 11.1 Å². The van der Waals surface area contributed by atoms with Gasteiger partial charge in [0, 0.05) is 32.4 Å². The molecule has 0 bridgehead atoms. The number of hydrogen-bond acceptors (Lipinski definition) is 5. The number of sulfonamides is 1. The predicted molar refractivity (Wildman–Crippen MR) is 114 cm³/mol. The third-order valence-corrected chi connectivity index (χ3v) is 6.51. The highest BCUT2D eigenvalue weighted by Gasteiger charge is 2.25. The number of methoxy groups -OCH3 is 2. The molecule has 0 spiro atoms. The Labute approximate surface area is 176 Å². The van der Waals surface area contributed by atoms with Gasteiger partial charge < -0.3 is 14.0 Å². The van der Waals surface area contributed by atoms with E-state index in [9.17, 15) is 13.2 Å². The molecule has 8 heteroatoms. The summed E-state index contributed by atoms with van der Waals surface area (Å²) in [6.45, 7) is 0.336. The van der Waals surface area contributed by atoms with Crippen molar-refractivity contribution in [2.75, 3.05) is 14.2 Å². The minimum atomic E-state index is -3.86. The molecule has 3 aromatic rings. The zero-order valence-corrected chi connectivity index (χ0v) is 17.9.